The van der Waals surface area contributed by atoms with Crippen LogP contribution in [0, 0.1) is 0 Å². The number of hydrogen-bond acceptors (Lipinski definition) is 4. The van der Waals surface area contributed by atoms with Gasteiger partial charge in [0, 0.05) is 17.7 Å². The first-order valence-corrected chi connectivity index (χ1v) is 7.30. The van der Waals surface area contributed by atoms with Gasteiger partial charge in [0.25, 0.3) is 0 Å². The summed E-state index contributed by atoms with van der Waals surface area (Å²) in [5, 5.41) is 5.98. The molecule has 0 bridgehead atoms. The zero-order valence-electron chi connectivity index (χ0n) is 11.4. The molecular weight excluding hydrogens is 254 g/mol. The van der Waals surface area contributed by atoms with Gasteiger partial charge in [-0.15, -0.1) is 0 Å². The standard InChI is InChI=1S/C15H19N3O2/c16-11-4-5-13-12(7-11)15(10-8-19-9-10)17-18(13)14-3-1-2-6-20-14/h4-5,7,10,14H,1-3,6,8-9,16H2. The molecule has 0 saturated carbocycles. The minimum atomic E-state index is 0.0598. The largest absolute Gasteiger partial charge is 0.399 e. The number of ether oxygens (including phenoxy) is 2. The lowest BCUT2D eigenvalue weighted by atomic mass is 10.0. The van der Waals surface area contributed by atoms with Crippen LogP contribution in [0.1, 0.15) is 37.1 Å². The first kappa shape index (κ1) is 12.2. The number of benzene rings is 1. The Kier molecular flexibility index (Phi) is 2.89. The molecule has 0 aliphatic carbocycles. The molecule has 5 nitrogen and oxygen atoms in total. The van der Waals surface area contributed by atoms with Crippen LogP contribution in [0.2, 0.25) is 0 Å². The number of rotatable bonds is 2. The van der Waals surface area contributed by atoms with Gasteiger partial charge >= 0.3 is 0 Å². The molecule has 0 amide bonds. The normalized spacial score (nSPS) is 23.9. The molecule has 0 radical (unpaired) electrons. The average Bonchev–Trinajstić information content (AvgIpc) is 2.77. The second-order valence-electron chi connectivity index (χ2n) is 5.66. The van der Waals surface area contributed by atoms with Gasteiger partial charge in [-0.25, -0.2) is 4.68 Å². The van der Waals surface area contributed by atoms with Crippen molar-refractivity contribution in [2.24, 2.45) is 0 Å². The van der Waals surface area contributed by atoms with Gasteiger partial charge in [0.05, 0.1) is 30.3 Å². The fourth-order valence-electron chi connectivity index (χ4n) is 3.01. The molecule has 1 aromatic carbocycles. The van der Waals surface area contributed by atoms with Crippen LogP contribution in [-0.2, 0) is 9.47 Å². The second-order valence-corrected chi connectivity index (χ2v) is 5.66. The summed E-state index contributed by atoms with van der Waals surface area (Å²) in [4.78, 5) is 0. The maximum atomic E-state index is 5.94. The maximum Gasteiger partial charge on any atom is 0.150 e. The zero-order chi connectivity index (χ0) is 13.5. The summed E-state index contributed by atoms with van der Waals surface area (Å²) in [6.07, 6.45) is 3.43. The van der Waals surface area contributed by atoms with Crippen LogP contribution in [0.4, 0.5) is 5.69 Å². The van der Waals surface area contributed by atoms with Gasteiger partial charge in [0.1, 0.15) is 0 Å². The Morgan fingerprint density at radius 3 is 2.85 bits per heavy atom. The first-order chi connectivity index (χ1) is 9.83. The van der Waals surface area contributed by atoms with Gasteiger partial charge in [-0.1, -0.05) is 0 Å². The molecule has 106 valence electrons. The Labute approximate surface area is 117 Å². The lowest BCUT2D eigenvalue weighted by Gasteiger charge is -2.25. The average molecular weight is 273 g/mol. The van der Waals surface area contributed by atoms with E-state index in [0.29, 0.717) is 5.92 Å². The van der Waals surface area contributed by atoms with Gasteiger partial charge in [0.2, 0.25) is 0 Å². The molecule has 2 saturated heterocycles. The summed E-state index contributed by atoms with van der Waals surface area (Å²) in [6, 6.07) is 6.01. The van der Waals surface area contributed by atoms with Crippen molar-refractivity contribution in [2.75, 3.05) is 25.6 Å². The molecule has 2 fully saturated rings. The molecule has 1 unspecified atom stereocenters. The van der Waals surface area contributed by atoms with E-state index in [1.165, 1.54) is 6.42 Å². The number of hydrogen-bond donors (Lipinski definition) is 1. The van der Waals surface area contributed by atoms with Gasteiger partial charge in [-0.3, -0.25) is 0 Å². The lowest BCUT2D eigenvalue weighted by molar-refractivity contribution is -0.0382. The van der Waals surface area contributed by atoms with Crippen molar-refractivity contribution < 1.29 is 9.47 Å². The summed E-state index contributed by atoms with van der Waals surface area (Å²) in [6.45, 7) is 2.34. The fraction of sp³-hybridized carbons (Fsp3) is 0.533. The Morgan fingerprint density at radius 1 is 1.25 bits per heavy atom. The third-order valence-corrected chi connectivity index (χ3v) is 4.21. The van der Waals surface area contributed by atoms with E-state index >= 15 is 0 Å². The van der Waals surface area contributed by atoms with Crippen LogP contribution in [0.3, 0.4) is 0 Å². The van der Waals surface area contributed by atoms with E-state index < -0.39 is 0 Å². The van der Waals surface area contributed by atoms with Crippen LogP contribution in [-0.4, -0.2) is 29.6 Å². The van der Waals surface area contributed by atoms with Crippen LogP contribution < -0.4 is 5.73 Å². The molecule has 4 rings (SSSR count). The maximum absolute atomic E-state index is 5.94. The Hall–Kier alpha value is -1.59. The summed E-state index contributed by atoms with van der Waals surface area (Å²) in [7, 11) is 0. The summed E-state index contributed by atoms with van der Waals surface area (Å²) in [5.41, 5.74) is 8.94. The predicted octanol–water partition coefficient (Wildman–Crippen LogP) is 2.43. The van der Waals surface area contributed by atoms with Gasteiger partial charge in [-0.2, -0.15) is 5.10 Å². The van der Waals surface area contributed by atoms with Crippen LogP contribution >= 0.6 is 0 Å². The van der Waals surface area contributed by atoms with Gasteiger partial charge in [0.15, 0.2) is 6.23 Å². The SMILES string of the molecule is Nc1ccc2c(c1)c(C1COC1)nn2C1CCCCO1. The lowest BCUT2D eigenvalue weighted by Crippen LogP contribution is -2.26. The molecule has 2 aromatic rings. The molecule has 2 N–H and O–H groups in total. The van der Waals surface area contributed by atoms with Crippen molar-refractivity contribution in [1.29, 1.82) is 0 Å². The third kappa shape index (κ3) is 1.89. The molecule has 20 heavy (non-hydrogen) atoms. The third-order valence-electron chi connectivity index (χ3n) is 4.21. The number of nitrogens with two attached hydrogens (primary N) is 1. The molecule has 1 aromatic heterocycles. The molecule has 0 spiro atoms. The molecule has 3 heterocycles. The van der Waals surface area contributed by atoms with Crippen LogP contribution in [0.5, 0.6) is 0 Å². The molecular formula is C15H19N3O2. The van der Waals surface area contributed by atoms with Crippen LogP contribution in [0.15, 0.2) is 18.2 Å². The summed E-state index contributed by atoms with van der Waals surface area (Å²) in [5.74, 6) is 0.393. The van der Waals surface area contributed by atoms with Gasteiger partial charge in [-0.05, 0) is 37.5 Å². The zero-order valence-corrected chi connectivity index (χ0v) is 11.4. The van der Waals surface area contributed by atoms with Crippen molar-refractivity contribution in [2.45, 2.75) is 31.4 Å². The highest BCUT2D eigenvalue weighted by molar-refractivity contribution is 5.85. The number of anilines is 1. The van der Waals surface area contributed by atoms with Crippen LogP contribution in [0.25, 0.3) is 10.9 Å². The highest BCUT2D eigenvalue weighted by atomic mass is 16.5. The molecule has 1 atom stereocenters. The smallest absolute Gasteiger partial charge is 0.150 e. The second kappa shape index (κ2) is 4.75. The molecule has 5 heteroatoms. The van der Waals surface area contributed by atoms with E-state index in [4.69, 9.17) is 20.3 Å². The Bertz CT molecular complexity index is 627. The minimum absolute atomic E-state index is 0.0598. The highest BCUT2D eigenvalue weighted by Crippen LogP contribution is 2.34. The van der Waals surface area contributed by atoms with E-state index in [-0.39, 0.29) is 6.23 Å². The molecule has 2 aliphatic heterocycles. The van der Waals surface area contributed by atoms with Crippen molar-refractivity contribution in [3.8, 4) is 0 Å². The van der Waals surface area contributed by atoms with Gasteiger partial charge < -0.3 is 15.2 Å². The number of nitrogens with zero attached hydrogens (tertiary/aromatic N) is 2. The number of fused-ring (bicyclic) bond motifs is 1. The fourth-order valence-corrected chi connectivity index (χ4v) is 3.01. The summed E-state index contributed by atoms with van der Waals surface area (Å²) < 4.78 is 13.2. The minimum Gasteiger partial charge on any atom is -0.399 e. The number of aromatic nitrogens is 2. The highest BCUT2D eigenvalue weighted by Gasteiger charge is 2.28. The molecule has 2 aliphatic rings. The topological polar surface area (TPSA) is 62.3 Å². The monoisotopic (exact) mass is 273 g/mol. The van der Waals surface area contributed by atoms with E-state index in [2.05, 4.69) is 6.07 Å². The Morgan fingerprint density at radius 2 is 2.15 bits per heavy atom. The van der Waals surface area contributed by atoms with E-state index in [9.17, 15) is 0 Å². The first-order valence-electron chi connectivity index (χ1n) is 7.30. The van der Waals surface area contributed by atoms with Crippen molar-refractivity contribution in [3.63, 3.8) is 0 Å². The Balaban J connectivity index is 1.83. The predicted molar refractivity (Wildman–Crippen MR) is 76.5 cm³/mol. The van der Waals surface area contributed by atoms with E-state index in [1.54, 1.807) is 0 Å². The van der Waals surface area contributed by atoms with Crippen molar-refractivity contribution in [3.05, 3.63) is 23.9 Å². The van der Waals surface area contributed by atoms with E-state index in [0.717, 1.165) is 54.9 Å². The van der Waals surface area contributed by atoms with Crippen molar-refractivity contribution in [1.82, 2.24) is 9.78 Å². The van der Waals surface area contributed by atoms with E-state index in [1.807, 2.05) is 16.8 Å². The number of nitrogen functional groups attached to an aromatic ring is 1. The van der Waals surface area contributed by atoms with Crippen molar-refractivity contribution >= 4 is 16.6 Å². The quantitative estimate of drug-likeness (QED) is 0.854. The summed E-state index contributed by atoms with van der Waals surface area (Å²) >= 11 is 0.